The number of hydrogen-bond acceptors (Lipinski definition) is 4. The summed E-state index contributed by atoms with van der Waals surface area (Å²) in [5.74, 6) is 1.21. The van der Waals surface area contributed by atoms with E-state index in [4.69, 9.17) is 9.47 Å². The number of esters is 1. The molecule has 0 aromatic rings. The average Bonchev–Trinajstić information content (AvgIpc) is 2.92. The maximum absolute atomic E-state index is 11.4. The van der Waals surface area contributed by atoms with Crippen molar-refractivity contribution >= 4 is 5.97 Å². The van der Waals surface area contributed by atoms with Gasteiger partial charge in [0, 0.05) is 5.92 Å². The van der Waals surface area contributed by atoms with Gasteiger partial charge in [-0.25, -0.2) is 0 Å². The second-order valence-electron chi connectivity index (χ2n) is 5.00. The van der Waals surface area contributed by atoms with E-state index in [0.29, 0.717) is 12.5 Å². The molecule has 3 aliphatic rings. The summed E-state index contributed by atoms with van der Waals surface area (Å²) in [5.41, 5.74) is -0.193. The Labute approximate surface area is 89.3 Å². The second-order valence-corrected chi connectivity index (χ2v) is 5.00. The van der Waals surface area contributed by atoms with Crippen LogP contribution in [0.25, 0.3) is 0 Å². The van der Waals surface area contributed by atoms with E-state index in [2.05, 4.69) is 5.32 Å². The molecule has 2 saturated carbocycles. The predicted octanol–water partition coefficient (Wildman–Crippen LogP) is 0.664. The molecule has 0 radical (unpaired) electrons. The van der Waals surface area contributed by atoms with Gasteiger partial charge in [0.2, 0.25) is 0 Å². The number of methoxy groups -OCH3 is 1. The van der Waals surface area contributed by atoms with Gasteiger partial charge in [0.05, 0.1) is 13.7 Å². The molecule has 4 atom stereocenters. The Morgan fingerprint density at radius 1 is 1.53 bits per heavy atom. The van der Waals surface area contributed by atoms with E-state index in [0.717, 1.165) is 12.3 Å². The van der Waals surface area contributed by atoms with Crippen molar-refractivity contribution in [3.8, 4) is 0 Å². The van der Waals surface area contributed by atoms with E-state index < -0.39 is 0 Å². The van der Waals surface area contributed by atoms with Crippen LogP contribution in [0.15, 0.2) is 0 Å². The summed E-state index contributed by atoms with van der Waals surface area (Å²) in [6.07, 6.45) is 4.91. The zero-order valence-electron chi connectivity index (χ0n) is 8.99. The lowest BCUT2D eigenvalue weighted by molar-refractivity contribution is -0.142. The maximum atomic E-state index is 11.4. The molecule has 2 bridgehead atoms. The first-order valence-electron chi connectivity index (χ1n) is 5.73. The lowest BCUT2D eigenvalue weighted by Crippen LogP contribution is -2.50. The van der Waals surface area contributed by atoms with Gasteiger partial charge in [-0.15, -0.1) is 0 Å². The average molecular weight is 211 g/mol. The Balaban J connectivity index is 1.73. The van der Waals surface area contributed by atoms with Gasteiger partial charge in [-0.3, -0.25) is 10.1 Å². The molecule has 0 aromatic heterocycles. The standard InChI is InChI=1S/C11H17NO3/c1-14-10(13)9-6-15-11(12-9)5-7-2-3-8(11)4-7/h7-9,12H,2-6H2,1H3. The largest absolute Gasteiger partial charge is 0.468 e. The van der Waals surface area contributed by atoms with Gasteiger partial charge in [0.1, 0.15) is 11.8 Å². The van der Waals surface area contributed by atoms with Crippen molar-refractivity contribution in [2.75, 3.05) is 13.7 Å². The molecule has 3 rings (SSSR count). The van der Waals surface area contributed by atoms with Crippen LogP contribution in [0, 0.1) is 11.8 Å². The molecule has 0 amide bonds. The zero-order chi connectivity index (χ0) is 10.5. The van der Waals surface area contributed by atoms with Crippen LogP contribution in [0.5, 0.6) is 0 Å². The SMILES string of the molecule is COC(=O)C1COC2(CC3CCC2C3)N1. The first-order chi connectivity index (χ1) is 7.23. The van der Waals surface area contributed by atoms with Gasteiger partial charge in [-0.2, -0.15) is 0 Å². The highest BCUT2D eigenvalue weighted by Gasteiger charge is 2.56. The second kappa shape index (κ2) is 3.19. The van der Waals surface area contributed by atoms with Crippen molar-refractivity contribution in [1.29, 1.82) is 0 Å². The summed E-state index contributed by atoms with van der Waals surface area (Å²) in [4.78, 5) is 11.4. The van der Waals surface area contributed by atoms with Gasteiger partial charge in [-0.05, 0) is 31.6 Å². The number of nitrogens with one attached hydrogen (secondary N) is 1. The lowest BCUT2D eigenvalue weighted by atomic mass is 9.91. The third kappa shape index (κ3) is 1.31. The minimum atomic E-state index is -0.255. The fourth-order valence-corrected chi connectivity index (χ4v) is 3.51. The van der Waals surface area contributed by atoms with Gasteiger partial charge >= 0.3 is 5.97 Å². The van der Waals surface area contributed by atoms with Gasteiger partial charge in [0.25, 0.3) is 0 Å². The van der Waals surface area contributed by atoms with Gasteiger partial charge < -0.3 is 9.47 Å². The summed E-state index contributed by atoms with van der Waals surface area (Å²) in [6, 6.07) is -0.255. The summed E-state index contributed by atoms with van der Waals surface area (Å²) in [5, 5.41) is 3.35. The molecule has 0 aromatic carbocycles. The monoisotopic (exact) mass is 211 g/mol. The van der Waals surface area contributed by atoms with E-state index in [1.165, 1.54) is 26.4 Å². The third-order valence-corrected chi connectivity index (χ3v) is 4.20. The van der Waals surface area contributed by atoms with Crippen LogP contribution in [-0.2, 0) is 14.3 Å². The smallest absolute Gasteiger partial charge is 0.325 e. The van der Waals surface area contributed by atoms with E-state index >= 15 is 0 Å². The molecule has 15 heavy (non-hydrogen) atoms. The zero-order valence-corrected chi connectivity index (χ0v) is 8.99. The molecule has 1 N–H and O–H groups in total. The number of hydrogen-bond donors (Lipinski definition) is 1. The minimum Gasteiger partial charge on any atom is -0.468 e. The molecular weight excluding hydrogens is 194 g/mol. The van der Waals surface area contributed by atoms with Crippen molar-refractivity contribution < 1.29 is 14.3 Å². The predicted molar refractivity (Wildman–Crippen MR) is 53.1 cm³/mol. The van der Waals surface area contributed by atoms with Crippen LogP contribution in [-0.4, -0.2) is 31.5 Å². The summed E-state index contributed by atoms with van der Waals surface area (Å²) >= 11 is 0. The molecule has 2 aliphatic carbocycles. The number of fused-ring (bicyclic) bond motifs is 3. The van der Waals surface area contributed by atoms with Crippen molar-refractivity contribution in [2.24, 2.45) is 11.8 Å². The van der Waals surface area contributed by atoms with Crippen LogP contribution >= 0.6 is 0 Å². The van der Waals surface area contributed by atoms with Crippen LogP contribution in [0.3, 0.4) is 0 Å². The van der Waals surface area contributed by atoms with Crippen LogP contribution < -0.4 is 5.32 Å². The Kier molecular flexibility index (Phi) is 2.04. The molecule has 1 saturated heterocycles. The first-order valence-corrected chi connectivity index (χ1v) is 5.73. The highest BCUT2D eigenvalue weighted by Crippen LogP contribution is 2.52. The molecule has 1 spiro atoms. The summed E-state index contributed by atoms with van der Waals surface area (Å²) < 4.78 is 10.6. The summed E-state index contributed by atoms with van der Waals surface area (Å²) in [6.45, 7) is 0.468. The van der Waals surface area contributed by atoms with Crippen molar-refractivity contribution in [1.82, 2.24) is 5.32 Å². The number of carbonyl (C=O) groups excluding carboxylic acids is 1. The van der Waals surface area contributed by atoms with E-state index in [9.17, 15) is 4.79 Å². The van der Waals surface area contributed by atoms with Gasteiger partial charge in [0.15, 0.2) is 0 Å². The Bertz CT molecular complexity index is 294. The molecule has 3 fully saturated rings. The third-order valence-electron chi connectivity index (χ3n) is 4.20. The van der Waals surface area contributed by atoms with Crippen molar-refractivity contribution in [2.45, 2.75) is 37.5 Å². The number of ether oxygens (including phenoxy) is 2. The van der Waals surface area contributed by atoms with Crippen molar-refractivity contribution in [3.05, 3.63) is 0 Å². The molecule has 84 valence electrons. The Morgan fingerprint density at radius 3 is 3.00 bits per heavy atom. The molecule has 4 unspecified atom stereocenters. The fraction of sp³-hybridized carbons (Fsp3) is 0.909. The Hall–Kier alpha value is -0.610. The van der Waals surface area contributed by atoms with Crippen LogP contribution in [0.1, 0.15) is 25.7 Å². The number of carbonyl (C=O) groups is 1. The Morgan fingerprint density at radius 2 is 2.40 bits per heavy atom. The topological polar surface area (TPSA) is 47.6 Å². The molecule has 1 aliphatic heterocycles. The maximum Gasteiger partial charge on any atom is 0.325 e. The molecule has 4 nitrogen and oxygen atoms in total. The number of rotatable bonds is 1. The summed E-state index contributed by atoms with van der Waals surface area (Å²) in [7, 11) is 1.43. The van der Waals surface area contributed by atoms with E-state index in [1.807, 2.05) is 0 Å². The van der Waals surface area contributed by atoms with Crippen LogP contribution in [0.2, 0.25) is 0 Å². The molecule has 1 heterocycles. The van der Waals surface area contributed by atoms with Crippen molar-refractivity contribution in [3.63, 3.8) is 0 Å². The molecular formula is C11H17NO3. The fourth-order valence-electron chi connectivity index (χ4n) is 3.51. The minimum absolute atomic E-state index is 0.193. The first kappa shape index (κ1) is 9.60. The van der Waals surface area contributed by atoms with E-state index in [1.54, 1.807) is 0 Å². The van der Waals surface area contributed by atoms with Gasteiger partial charge in [-0.1, -0.05) is 0 Å². The van der Waals surface area contributed by atoms with Crippen LogP contribution in [0.4, 0.5) is 0 Å². The molecule has 4 heteroatoms. The van der Waals surface area contributed by atoms with E-state index in [-0.39, 0.29) is 17.7 Å². The highest BCUT2D eigenvalue weighted by atomic mass is 16.5. The highest BCUT2D eigenvalue weighted by molar-refractivity contribution is 5.76. The lowest BCUT2D eigenvalue weighted by Gasteiger charge is -2.33. The normalized spacial score (nSPS) is 47.7. The quantitative estimate of drug-likeness (QED) is 0.647.